The lowest BCUT2D eigenvalue weighted by Gasteiger charge is -2.54. The highest BCUT2D eigenvalue weighted by molar-refractivity contribution is 6.20. The zero-order valence-electron chi connectivity index (χ0n) is 23.4. The first-order valence-corrected chi connectivity index (χ1v) is 13.2. The van der Waals surface area contributed by atoms with Crippen molar-refractivity contribution in [2.75, 3.05) is 0 Å². The first-order chi connectivity index (χ1) is 16.2. The highest BCUT2D eigenvalue weighted by Gasteiger charge is 2.97. The Balaban J connectivity index is 2.20. The molecule has 0 aromatic rings. The summed E-state index contributed by atoms with van der Waals surface area (Å²) in [6.07, 6.45) is 11.2. The predicted octanol–water partition coefficient (Wildman–Crippen LogP) is 7.04. The minimum Gasteiger partial charge on any atom is -0.449 e. The predicted molar refractivity (Wildman–Crippen MR) is 142 cm³/mol. The Kier molecular flexibility index (Phi) is 7.50. The Morgan fingerprint density at radius 2 is 1.43 bits per heavy atom. The maximum atomic E-state index is 13.9. The number of esters is 1. The molecule has 1 heterocycles. The standard InChI is InChI=1S/C31H46O4/c1-20(2)11-10-16-28(9)24(13-12-21(3)4)19-29(17-14-22(5)6)27(34)35-30(18-15-23(7)8)26(33)31(29,30)25(28)32/h11-12,14-15,24-25,32H,10,13,16-19H2,1-9H3/t24-,25+,28+,29+,30?,31?/m0/s1. The van der Waals surface area contributed by atoms with Crippen LogP contribution in [0.5, 0.6) is 0 Å². The maximum absolute atomic E-state index is 13.9. The summed E-state index contributed by atoms with van der Waals surface area (Å²) in [6.45, 7) is 18.5. The molecule has 2 saturated carbocycles. The van der Waals surface area contributed by atoms with Crippen LogP contribution in [-0.2, 0) is 14.3 Å². The molecule has 4 nitrogen and oxygen atoms in total. The number of aliphatic hydroxyl groups excluding tert-OH is 1. The van der Waals surface area contributed by atoms with Crippen LogP contribution in [0.25, 0.3) is 0 Å². The molecule has 194 valence electrons. The summed E-state index contributed by atoms with van der Waals surface area (Å²) in [5, 5.41) is 12.3. The van der Waals surface area contributed by atoms with Crippen molar-refractivity contribution in [3.63, 3.8) is 0 Å². The van der Waals surface area contributed by atoms with Gasteiger partial charge in [-0.15, -0.1) is 0 Å². The van der Waals surface area contributed by atoms with Crippen molar-refractivity contribution in [2.45, 2.75) is 113 Å². The van der Waals surface area contributed by atoms with E-state index in [1.807, 2.05) is 33.8 Å². The van der Waals surface area contributed by atoms with Crippen LogP contribution in [0.4, 0.5) is 0 Å². The number of ketones is 1. The zero-order valence-corrected chi connectivity index (χ0v) is 23.4. The molecular weight excluding hydrogens is 436 g/mol. The fourth-order valence-electron chi connectivity index (χ4n) is 6.89. The van der Waals surface area contributed by atoms with Gasteiger partial charge in [-0.25, -0.2) is 0 Å². The van der Waals surface area contributed by atoms with Gasteiger partial charge in [-0.1, -0.05) is 53.5 Å². The summed E-state index contributed by atoms with van der Waals surface area (Å²) >= 11 is 0. The van der Waals surface area contributed by atoms with Gasteiger partial charge in [-0.3, -0.25) is 9.59 Å². The number of carbonyl (C=O) groups is 2. The topological polar surface area (TPSA) is 63.6 Å². The molecule has 3 rings (SSSR count). The average molecular weight is 483 g/mol. The fourth-order valence-corrected chi connectivity index (χ4v) is 6.89. The van der Waals surface area contributed by atoms with Crippen molar-refractivity contribution in [1.29, 1.82) is 0 Å². The lowest BCUT2D eigenvalue weighted by atomic mass is 9.47. The molecule has 0 radical (unpaired) electrons. The molecule has 1 spiro atoms. The van der Waals surface area contributed by atoms with Crippen LogP contribution < -0.4 is 0 Å². The number of Topliss-reactive ketones (excluding diaryl/α,β-unsaturated/α-hetero) is 1. The fraction of sp³-hybridized carbons (Fsp3) is 0.677. The number of ether oxygens (including phenoxy) is 1. The van der Waals surface area contributed by atoms with E-state index in [1.165, 1.54) is 11.1 Å². The van der Waals surface area contributed by atoms with Crippen molar-refractivity contribution >= 4 is 11.8 Å². The number of hydrogen-bond acceptors (Lipinski definition) is 4. The average Bonchev–Trinajstić information content (AvgIpc) is 3.17. The third kappa shape index (κ3) is 4.10. The van der Waals surface area contributed by atoms with Crippen molar-refractivity contribution < 1.29 is 19.4 Å². The van der Waals surface area contributed by atoms with Crippen LogP contribution in [0.2, 0.25) is 0 Å². The van der Waals surface area contributed by atoms with Crippen LogP contribution >= 0.6 is 0 Å². The van der Waals surface area contributed by atoms with Gasteiger partial charge in [0.15, 0.2) is 11.4 Å². The first-order valence-electron chi connectivity index (χ1n) is 13.2. The number of allylic oxidation sites excluding steroid dienone is 7. The van der Waals surface area contributed by atoms with Crippen molar-refractivity contribution in [3.8, 4) is 0 Å². The Morgan fingerprint density at radius 3 is 1.97 bits per heavy atom. The van der Waals surface area contributed by atoms with Crippen molar-refractivity contribution in [2.24, 2.45) is 22.2 Å². The Hall–Kier alpha value is -1.94. The second kappa shape index (κ2) is 9.50. The van der Waals surface area contributed by atoms with E-state index in [2.05, 4.69) is 52.8 Å². The Morgan fingerprint density at radius 1 is 0.886 bits per heavy atom. The quantitative estimate of drug-likeness (QED) is 0.283. The highest BCUT2D eigenvalue weighted by atomic mass is 16.6. The van der Waals surface area contributed by atoms with E-state index in [1.54, 1.807) is 0 Å². The molecule has 0 aromatic heterocycles. The molecule has 2 aliphatic carbocycles. The van der Waals surface area contributed by atoms with Gasteiger partial charge in [0.1, 0.15) is 5.41 Å². The number of carbonyl (C=O) groups excluding carboxylic acids is 2. The van der Waals surface area contributed by atoms with Crippen molar-refractivity contribution in [1.82, 2.24) is 0 Å². The lowest BCUT2D eigenvalue weighted by Crippen LogP contribution is -2.60. The van der Waals surface area contributed by atoms with Crippen molar-refractivity contribution in [3.05, 3.63) is 46.6 Å². The third-order valence-electron chi connectivity index (χ3n) is 8.98. The molecule has 2 unspecified atom stereocenters. The second-order valence-corrected chi connectivity index (χ2v) is 12.6. The molecule has 1 N–H and O–H groups in total. The van der Waals surface area contributed by atoms with Gasteiger partial charge in [0.25, 0.3) is 0 Å². The maximum Gasteiger partial charge on any atom is 0.314 e. The minimum atomic E-state index is -1.24. The van der Waals surface area contributed by atoms with E-state index in [0.717, 1.165) is 30.4 Å². The zero-order chi connectivity index (χ0) is 26.4. The van der Waals surface area contributed by atoms with E-state index < -0.39 is 27.9 Å². The largest absolute Gasteiger partial charge is 0.449 e. The minimum absolute atomic E-state index is 0.0642. The van der Waals surface area contributed by atoms with E-state index in [0.29, 0.717) is 19.3 Å². The van der Waals surface area contributed by atoms with Gasteiger partial charge >= 0.3 is 5.97 Å². The number of aliphatic hydroxyl groups is 1. The van der Waals surface area contributed by atoms with E-state index in [4.69, 9.17) is 4.74 Å². The summed E-state index contributed by atoms with van der Waals surface area (Å²) in [6, 6.07) is 0. The molecule has 1 saturated heterocycles. The number of hydrogen-bond donors (Lipinski definition) is 1. The van der Waals surface area contributed by atoms with Crippen LogP contribution in [0, 0.1) is 22.2 Å². The second-order valence-electron chi connectivity index (χ2n) is 12.6. The highest BCUT2D eigenvalue weighted by Crippen LogP contribution is 2.80. The monoisotopic (exact) mass is 482 g/mol. The summed E-state index contributed by atoms with van der Waals surface area (Å²) in [4.78, 5) is 27.7. The van der Waals surface area contributed by atoms with E-state index in [9.17, 15) is 14.7 Å². The van der Waals surface area contributed by atoms with Crippen LogP contribution in [0.3, 0.4) is 0 Å². The van der Waals surface area contributed by atoms with Crippen LogP contribution in [0.1, 0.15) is 101 Å². The molecule has 1 aliphatic heterocycles. The summed E-state index contributed by atoms with van der Waals surface area (Å²) in [5.74, 6) is -0.315. The van der Waals surface area contributed by atoms with Gasteiger partial charge in [0.2, 0.25) is 0 Å². The van der Waals surface area contributed by atoms with E-state index in [-0.39, 0.29) is 17.7 Å². The van der Waals surface area contributed by atoms with Crippen LogP contribution in [0.15, 0.2) is 46.6 Å². The summed E-state index contributed by atoms with van der Waals surface area (Å²) in [5.41, 5.74) is 0.685. The normalized spacial score (nSPS) is 37.0. The van der Waals surface area contributed by atoms with Gasteiger partial charge in [-0.2, -0.15) is 0 Å². The van der Waals surface area contributed by atoms with E-state index >= 15 is 0 Å². The van der Waals surface area contributed by atoms with Crippen LogP contribution in [-0.4, -0.2) is 28.6 Å². The molecular formula is C31H46O4. The molecule has 0 amide bonds. The Labute approximate surface area is 212 Å². The molecule has 3 fully saturated rings. The molecule has 3 aliphatic rings. The smallest absolute Gasteiger partial charge is 0.314 e. The summed E-state index contributed by atoms with van der Waals surface area (Å²) in [7, 11) is 0. The SMILES string of the molecule is CC(C)=CCC[C@]1(C)[C@@H](CC=C(C)C)C[C@]2(CC=C(C)C)C(=O)OC3(CC=C(C)C)C(=O)C32[C@@H]1O. The van der Waals surface area contributed by atoms with Gasteiger partial charge < -0.3 is 9.84 Å². The van der Waals surface area contributed by atoms with Gasteiger partial charge in [-0.05, 0) is 98.8 Å². The summed E-state index contributed by atoms with van der Waals surface area (Å²) < 4.78 is 6.09. The lowest BCUT2D eigenvalue weighted by molar-refractivity contribution is -0.176. The molecule has 4 heteroatoms. The van der Waals surface area contributed by atoms with Gasteiger partial charge in [0.05, 0.1) is 11.5 Å². The molecule has 6 atom stereocenters. The number of rotatable bonds is 9. The molecule has 0 aromatic carbocycles. The van der Waals surface area contributed by atoms with Gasteiger partial charge in [0, 0.05) is 6.42 Å². The molecule has 35 heavy (non-hydrogen) atoms. The molecule has 0 bridgehead atoms. The first kappa shape index (κ1) is 27.6. The Bertz CT molecular complexity index is 997. The third-order valence-corrected chi connectivity index (χ3v) is 8.98.